The molecule has 25 heavy (non-hydrogen) atoms. The minimum atomic E-state index is -1.27. The Bertz CT molecular complexity index is 691. The number of nitrogens with one attached hydrogen (secondary N) is 1. The minimum absolute atomic E-state index is 0.00813. The van der Waals surface area contributed by atoms with Gasteiger partial charge in [0.15, 0.2) is 5.78 Å². The second-order valence-electron chi connectivity index (χ2n) is 6.81. The molecule has 1 aliphatic heterocycles. The molecular weight excluding hydrogens is 322 g/mol. The summed E-state index contributed by atoms with van der Waals surface area (Å²) in [6.07, 6.45) is 3.74. The Balaban J connectivity index is 1.56. The molecule has 1 amide bonds. The molecule has 0 bridgehead atoms. The molecule has 2 aliphatic rings. The molecular formula is C19H23NO5. The zero-order chi connectivity index (χ0) is 17.9. The summed E-state index contributed by atoms with van der Waals surface area (Å²) in [6.45, 7) is 0.612. The zero-order valence-electron chi connectivity index (χ0n) is 14.2. The van der Waals surface area contributed by atoms with Crippen LogP contribution in [0.1, 0.15) is 53.6 Å². The number of hydrogen-bond acceptors (Lipinski definition) is 4. The van der Waals surface area contributed by atoms with Crippen molar-refractivity contribution >= 4 is 17.7 Å². The van der Waals surface area contributed by atoms with Crippen LogP contribution in [0.2, 0.25) is 0 Å². The normalized spacial score (nSPS) is 18.4. The minimum Gasteiger partial charge on any atom is -0.480 e. The number of carboxylic acids is 1. The van der Waals surface area contributed by atoms with Gasteiger partial charge in [-0.1, -0.05) is 12.1 Å². The molecule has 1 fully saturated rings. The molecule has 134 valence electrons. The number of aryl methyl sites for hydroxylation is 2. The molecule has 1 aromatic carbocycles. The Morgan fingerprint density at radius 1 is 1.08 bits per heavy atom. The summed E-state index contributed by atoms with van der Waals surface area (Å²) in [6, 6.07) is 5.75. The first-order valence-corrected chi connectivity index (χ1v) is 8.77. The van der Waals surface area contributed by atoms with E-state index in [1.165, 1.54) is 11.1 Å². The summed E-state index contributed by atoms with van der Waals surface area (Å²) in [7, 11) is 0. The molecule has 2 N–H and O–H groups in total. The summed E-state index contributed by atoms with van der Waals surface area (Å²) in [5.41, 5.74) is 1.89. The molecule has 1 heterocycles. The molecule has 1 aliphatic carbocycles. The van der Waals surface area contributed by atoms with E-state index in [4.69, 9.17) is 4.74 Å². The van der Waals surface area contributed by atoms with Crippen molar-refractivity contribution in [1.29, 1.82) is 0 Å². The second-order valence-corrected chi connectivity index (χ2v) is 6.81. The highest BCUT2D eigenvalue weighted by atomic mass is 16.5. The number of amides is 1. The number of ketones is 1. The zero-order valence-corrected chi connectivity index (χ0v) is 14.2. The van der Waals surface area contributed by atoms with Crippen molar-refractivity contribution in [3.05, 3.63) is 34.9 Å². The molecule has 0 atom stereocenters. The van der Waals surface area contributed by atoms with Crippen molar-refractivity contribution in [3.8, 4) is 0 Å². The van der Waals surface area contributed by atoms with Gasteiger partial charge in [0.1, 0.15) is 5.54 Å². The van der Waals surface area contributed by atoms with E-state index in [-0.39, 0.29) is 31.5 Å². The van der Waals surface area contributed by atoms with Gasteiger partial charge in [-0.15, -0.1) is 0 Å². The third-order valence-electron chi connectivity index (χ3n) is 5.13. The number of ether oxygens (including phenoxy) is 1. The van der Waals surface area contributed by atoms with Gasteiger partial charge in [-0.2, -0.15) is 0 Å². The third kappa shape index (κ3) is 3.90. The van der Waals surface area contributed by atoms with Crippen molar-refractivity contribution < 1.29 is 24.2 Å². The highest BCUT2D eigenvalue weighted by Gasteiger charge is 2.41. The predicted octanol–water partition coefficient (Wildman–Crippen LogP) is 1.89. The van der Waals surface area contributed by atoms with Crippen LogP contribution < -0.4 is 5.32 Å². The van der Waals surface area contributed by atoms with Gasteiger partial charge in [0.25, 0.3) is 0 Å². The lowest BCUT2D eigenvalue weighted by Gasteiger charge is -2.33. The van der Waals surface area contributed by atoms with E-state index < -0.39 is 17.4 Å². The van der Waals surface area contributed by atoms with Gasteiger partial charge >= 0.3 is 5.97 Å². The van der Waals surface area contributed by atoms with Crippen molar-refractivity contribution in [2.24, 2.45) is 0 Å². The number of aliphatic carboxylic acids is 1. The van der Waals surface area contributed by atoms with Crippen LogP contribution in [-0.2, 0) is 27.2 Å². The number of rotatable bonds is 6. The van der Waals surface area contributed by atoms with Crippen LogP contribution in [0.15, 0.2) is 18.2 Å². The van der Waals surface area contributed by atoms with Gasteiger partial charge in [0.05, 0.1) is 0 Å². The molecule has 3 rings (SSSR count). The lowest BCUT2D eigenvalue weighted by molar-refractivity contribution is -0.152. The standard InChI is InChI=1S/C19H23NO5/c21-16(15-5-4-13-2-1-3-14(13)12-15)6-7-17(22)20-19(18(23)24)8-10-25-11-9-19/h4-5,12H,1-3,6-11H2,(H,20,22)(H,23,24). The molecule has 1 saturated heterocycles. The largest absolute Gasteiger partial charge is 0.480 e. The number of carbonyl (C=O) groups is 3. The van der Waals surface area contributed by atoms with Crippen molar-refractivity contribution in [1.82, 2.24) is 5.32 Å². The smallest absolute Gasteiger partial charge is 0.329 e. The maximum Gasteiger partial charge on any atom is 0.329 e. The summed E-state index contributed by atoms with van der Waals surface area (Å²) >= 11 is 0. The first-order chi connectivity index (χ1) is 12.0. The third-order valence-corrected chi connectivity index (χ3v) is 5.13. The average Bonchev–Trinajstić information content (AvgIpc) is 3.08. The van der Waals surface area contributed by atoms with Gasteiger partial charge in [-0.25, -0.2) is 4.79 Å². The van der Waals surface area contributed by atoms with E-state index in [2.05, 4.69) is 5.32 Å². The van der Waals surface area contributed by atoms with Gasteiger partial charge in [-0.3, -0.25) is 9.59 Å². The van der Waals surface area contributed by atoms with E-state index in [9.17, 15) is 19.5 Å². The Morgan fingerprint density at radius 2 is 1.80 bits per heavy atom. The van der Waals surface area contributed by atoms with Crippen LogP contribution in [0.25, 0.3) is 0 Å². The lowest BCUT2D eigenvalue weighted by atomic mass is 9.90. The Labute approximate surface area is 146 Å². The van der Waals surface area contributed by atoms with E-state index in [0.29, 0.717) is 18.8 Å². The first kappa shape index (κ1) is 17.6. The number of carboxylic acid groups (broad SMARTS) is 1. The first-order valence-electron chi connectivity index (χ1n) is 8.77. The molecule has 0 aromatic heterocycles. The van der Waals surface area contributed by atoms with E-state index in [0.717, 1.165) is 19.3 Å². The van der Waals surface area contributed by atoms with Gasteiger partial charge < -0.3 is 15.2 Å². The topological polar surface area (TPSA) is 92.7 Å². The molecule has 6 heteroatoms. The van der Waals surface area contributed by atoms with Crippen molar-refractivity contribution in [3.63, 3.8) is 0 Å². The van der Waals surface area contributed by atoms with Gasteiger partial charge in [0.2, 0.25) is 5.91 Å². The number of fused-ring (bicyclic) bond motifs is 1. The molecule has 6 nitrogen and oxygen atoms in total. The highest BCUT2D eigenvalue weighted by molar-refractivity contribution is 5.98. The number of hydrogen-bond donors (Lipinski definition) is 2. The van der Waals surface area contributed by atoms with E-state index in [1.807, 2.05) is 18.2 Å². The maximum atomic E-state index is 12.3. The van der Waals surface area contributed by atoms with Crippen LogP contribution in [0.3, 0.4) is 0 Å². The van der Waals surface area contributed by atoms with Crippen LogP contribution in [0.5, 0.6) is 0 Å². The second kappa shape index (κ2) is 7.35. The number of carbonyl (C=O) groups excluding carboxylic acids is 2. The fraction of sp³-hybridized carbons (Fsp3) is 0.526. The van der Waals surface area contributed by atoms with Crippen molar-refractivity contribution in [2.45, 2.75) is 50.5 Å². The quantitative estimate of drug-likeness (QED) is 0.768. The van der Waals surface area contributed by atoms with Crippen LogP contribution >= 0.6 is 0 Å². The summed E-state index contributed by atoms with van der Waals surface area (Å²) in [5, 5.41) is 12.1. The Morgan fingerprint density at radius 3 is 2.52 bits per heavy atom. The summed E-state index contributed by atoms with van der Waals surface area (Å²) in [5.74, 6) is -1.53. The number of Topliss-reactive ketones (excluding diaryl/α,β-unsaturated/α-hetero) is 1. The van der Waals surface area contributed by atoms with Crippen LogP contribution in [-0.4, -0.2) is 41.5 Å². The monoisotopic (exact) mass is 345 g/mol. The fourth-order valence-corrected chi connectivity index (χ4v) is 3.56. The van der Waals surface area contributed by atoms with E-state index in [1.54, 1.807) is 0 Å². The van der Waals surface area contributed by atoms with Crippen LogP contribution in [0, 0.1) is 0 Å². The Kier molecular flexibility index (Phi) is 5.18. The van der Waals surface area contributed by atoms with Crippen molar-refractivity contribution in [2.75, 3.05) is 13.2 Å². The average molecular weight is 345 g/mol. The number of benzene rings is 1. The van der Waals surface area contributed by atoms with Crippen LogP contribution in [0.4, 0.5) is 0 Å². The maximum absolute atomic E-state index is 12.3. The molecule has 0 radical (unpaired) electrons. The van der Waals surface area contributed by atoms with E-state index >= 15 is 0 Å². The molecule has 0 saturated carbocycles. The molecule has 0 unspecified atom stereocenters. The Hall–Kier alpha value is -2.21. The fourth-order valence-electron chi connectivity index (χ4n) is 3.56. The lowest BCUT2D eigenvalue weighted by Crippen LogP contribution is -2.57. The molecule has 1 aromatic rings. The SMILES string of the molecule is O=C(CCC(=O)c1ccc2c(c1)CCC2)NC1(C(=O)O)CCOCC1. The highest BCUT2D eigenvalue weighted by Crippen LogP contribution is 2.24. The van der Waals surface area contributed by atoms with Gasteiger partial charge in [0, 0.05) is 44.5 Å². The summed E-state index contributed by atoms with van der Waals surface area (Å²) in [4.78, 5) is 36.1. The summed E-state index contributed by atoms with van der Waals surface area (Å²) < 4.78 is 5.18. The predicted molar refractivity (Wildman–Crippen MR) is 90.6 cm³/mol. The van der Waals surface area contributed by atoms with Gasteiger partial charge in [-0.05, 0) is 36.5 Å². The molecule has 0 spiro atoms.